The Morgan fingerprint density at radius 3 is 2.94 bits per heavy atom. The first kappa shape index (κ1) is 12.7. The first-order valence-electron chi connectivity index (χ1n) is 6.48. The first-order valence-corrected chi connectivity index (χ1v) is 6.48. The van der Waals surface area contributed by atoms with Crippen molar-refractivity contribution in [2.24, 2.45) is 5.92 Å². The Balaban J connectivity index is 2.00. The van der Waals surface area contributed by atoms with Crippen molar-refractivity contribution in [3.8, 4) is 0 Å². The number of likely N-dealkylation sites (tertiary alicyclic amines) is 1. The van der Waals surface area contributed by atoms with Crippen LogP contribution in [0.2, 0.25) is 0 Å². The molecule has 2 amide bonds. The van der Waals surface area contributed by atoms with Crippen molar-refractivity contribution in [1.29, 1.82) is 0 Å². The molecule has 1 saturated heterocycles. The summed E-state index contributed by atoms with van der Waals surface area (Å²) in [5.41, 5.74) is 8.30. The number of urea groups is 1. The molecule has 4 nitrogen and oxygen atoms in total. The van der Waals surface area contributed by atoms with Crippen LogP contribution in [0.25, 0.3) is 0 Å². The molecule has 3 N–H and O–H groups in total. The maximum Gasteiger partial charge on any atom is 0.321 e. The van der Waals surface area contributed by atoms with Crippen molar-refractivity contribution in [1.82, 2.24) is 4.90 Å². The molecule has 0 aliphatic carbocycles. The molecule has 0 aromatic heterocycles. The first-order chi connectivity index (χ1) is 8.56. The standard InChI is InChI=1S/C14H21N3O/c1-10-4-3-7-17(9-10)14(18)16-12-5-6-13(15)11(2)8-12/h5-6,8,10H,3-4,7,9,15H2,1-2H3,(H,16,18). The predicted octanol–water partition coefficient (Wildman–Crippen LogP) is 2.84. The lowest BCUT2D eigenvalue weighted by Crippen LogP contribution is -2.41. The predicted molar refractivity (Wildman–Crippen MR) is 74.6 cm³/mol. The van der Waals surface area contributed by atoms with Crippen LogP contribution in [-0.4, -0.2) is 24.0 Å². The number of carbonyl (C=O) groups is 1. The summed E-state index contributed by atoms with van der Waals surface area (Å²) >= 11 is 0. The summed E-state index contributed by atoms with van der Waals surface area (Å²) < 4.78 is 0. The van der Waals surface area contributed by atoms with Gasteiger partial charge in [0.25, 0.3) is 0 Å². The molecule has 0 spiro atoms. The number of nitrogen functional groups attached to an aromatic ring is 1. The number of anilines is 2. The monoisotopic (exact) mass is 247 g/mol. The van der Waals surface area contributed by atoms with Gasteiger partial charge >= 0.3 is 6.03 Å². The average Bonchev–Trinajstić information content (AvgIpc) is 2.34. The van der Waals surface area contributed by atoms with Crippen LogP contribution >= 0.6 is 0 Å². The second-order valence-corrected chi connectivity index (χ2v) is 5.19. The number of piperidine rings is 1. The van der Waals surface area contributed by atoms with Crippen LogP contribution in [-0.2, 0) is 0 Å². The molecular formula is C14H21N3O. The van der Waals surface area contributed by atoms with E-state index in [1.54, 1.807) is 0 Å². The van der Waals surface area contributed by atoms with Gasteiger partial charge in [0.15, 0.2) is 0 Å². The van der Waals surface area contributed by atoms with Gasteiger partial charge in [0.05, 0.1) is 0 Å². The average molecular weight is 247 g/mol. The highest BCUT2D eigenvalue weighted by Gasteiger charge is 2.20. The van der Waals surface area contributed by atoms with Crippen molar-refractivity contribution < 1.29 is 4.79 Å². The smallest absolute Gasteiger partial charge is 0.321 e. The maximum absolute atomic E-state index is 12.1. The summed E-state index contributed by atoms with van der Waals surface area (Å²) in [6.45, 7) is 5.82. The Labute approximate surface area is 108 Å². The zero-order valence-electron chi connectivity index (χ0n) is 11.1. The Kier molecular flexibility index (Phi) is 3.75. The minimum atomic E-state index is -0.00859. The van der Waals surface area contributed by atoms with Gasteiger partial charge in [0, 0.05) is 24.5 Å². The molecule has 0 saturated carbocycles. The van der Waals surface area contributed by atoms with Gasteiger partial charge in [-0.05, 0) is 49.4 Å². The van der Waals surface area contributed by atoms with Crippen LogP contribution < -0.4 is 11.1 Å². The van der Waals surface area contributed by atoms with Crippen LogP contribution in [0.4, 0.5) is 16.2 Å². The van der Waals surface area contributed by atoms with Gasteiger partial charge in [-0.25, -0.2) is 4.79 Å². The minimum absolute atomic E-state index is 0.00859. The zero-order chi connectivity index (χ0) is 13.1. The van der Waals surface area contributed by atoms with E-state index in [0.717, 1.165) is 36.4 Å². The van der Waals surface area contributed by atoms with E-state index in [2.05, 4.69) is 12.2 Å². The summed E-state index contributed by atoms with van der Waals surface area (Å²) in [5, 5.41) is 2.93. The van der Waals surface area contributed by atoms with E-state index in [1.165, 1.54) is 6.42 Å². The second kappa shape index (κ2) is 5.29. The number of hydrogen-bond acceptors (Lipinski definition) is 2. The number of nitrogens with one attached hydrogen (secondary N) is 1. The van der Waals surface area contributed by atoms with E-state index in [0.29, 0.717) is 5.92 Å². The highest BCUT2D eigenvalue weighted by Crippen LogP contribution is 2.19. The van der Waals surface area contributed by atoms with Gasteiger partial charge in [-0.3, -0.25) is 0 Å². The van der Waals surface area contributed by atoms with Crippen molar-refractivity contribution in [2.75, 3.05) is 24.1 Å². The number of aryl methyl sites for hydroxylation is 1. The summed E-state index contributed by atoms with van der Waals surface area (Å²) in [6, 6.07) is 5.56. The van der Waals surface area contributed by atoms with Crippen molar-refractivity contribution in [2.45, 2.75) is 26.7 Å². The molecule has 1 aliphatic rings. The van der Waals surface area contributed by atoms with Crippen molar-refractivity contribution >= 4 is 17.4 Å². The van der Waals surface area contributed by atoms with Crippen molar-refractivity contribution in [3.63, 3.8) is 0 Å². The van der Waals surface area contributed by atoms with Gasteiger partial charge < -0.3 is 16.0 Å². The Hall–Kier alpha value is -1.71. The van der Waals surface area contributed by atoms with E-state index in [9.17, 15) is 4.79 Å². The van der Waals surface area contributed by atoms with Crippen molar-refractivity contribution in [3.05, 3.63) is 23.8 Å². The fourth-order valence-corrected chi connectivity index (χ4v) is 2.33. The van der Waals surface area contributed by atoms with Gasteiger partial charge in [-0.2, -0.15) is 0 Å². The topological polar surface area (TPSA) is 58.4 Å². The van der Waals surface area contributed by atoms with Crippen LogP contribution in [0.1, 0.15) is 25.3 Å². The molecule has 1 aromatic rings. The minimum Gasteiger partial charge on any atom is -0.399 e. The molecule has 0 radical (unpaired) electrons. The summed E-state index contributed by atoms with van der Waals surface area (Å²) in [5.74, 6) is 0.595. The van der Waals surface area contributed by atoms with Gasteiger partial charge in [-0.1, -0.05) is 6.92 Å². The highest BCUT2D eigenvalue weighted by atomic mass is 16.2. The van der Waals surface area contributed by atoms with E-state index in [1.807, 2.05) is 30.0 Å². The molecule has 0 bridgehead atoms. The lowest BCUT2D eigenvalue weighted by atomic mass is 10.0. The van der Waals surface area contributed by atoms with Gasteiger partial charge in [-0.15, -0.1) is 0 Å². The highest BCUT2D eigenvalue weighted by molar-refractivity contribution is 5.89. The van der Waals surface area contributed by atoms with Crippen LogP contribution in [0, 0.1) is 12.8 Å². The molecule has 1 atom stereocenters. The second-order valence-electron chi connectivity index (χ2n) is 5.19. The number of amides is 2. The third kappa shape index (κ3) is 2.94. The third-order valence-corrected chi connectivity index (χ3v) is 3.47. The van der Waals surface area contributed by atoms with Crippen LogP contribution in [0.5, 0.6) is 0 Å². The van der Waals surface area contributed by atoms with E-state index in [4.69, 9.17) is 5.73 Å². The van der Waals surface area contributed by atoms with Crippen LogP contribution in [0.15, 0.2) is 18.2 Å². The fourth-order valence-electron chi connectivity index (χ4n) is 2.33. The lowest BCUT2D eigenvalue weighted by molar-refractivity contribution is 0.182. The maximum atomic E-state index is 12.1. The normalized spacial score (nSPS) is 19.7. The number of hydrogen-bond donors (Lipinski definition) is 2. The SMILES string of the molecule is Cc1cc(NC(=O)N2CCCC(C)C2)ccc1N. The Morgan fingerprint density at radius 2 is 2.28 bits per heavy atom. The molecule has 1 fully saturated rings. The molecule has 98 valence electrons. The third-order valence-electron chi connectivity index (χ3n) is 3.47. The van der Waals surface area contributed by atoms with Gasteiger partial charge in [0.1, 0.15) is 0 Å². The molecule has 2 rings (SSSR count). The molecule has 1 heterocycles. The molecular weight excluding hydrogens is 226 g/mol. The number of nitrogens with two attached hydrogens (primary N) is 1. The number of benzene rings is 1. The van der Waals surface area contributed by atoms with Crippen LogP contribution in [0.3, 0.4) is 0 Å². The molecule has 18 heavy (non-hydrogen) atoms. The summed E-state index contributed by atoms with van der Waals surface area (Å²) in [4.78, 5) is 14.0. The van der Waals surface area contributed by atoms with E-state index >= 15 is 0 Å². The number of carbonyl (C=O) groups excluding carboxylic acids is 1. The van der Waals surface area contributed by atoms with Gasteiger partial charge in [0.2, 0.25) is 0 Å². The van der Waals surface area contributed by atoms with E-state index < -0.39 is 0 Å². The quantitative estimate of drug-likeness (QED) is 0.750. The lowest BCUT2D eigenvalue weighted by Gasteiger charge is -2.31. The van der Waals surface area contributed by atoms with E-state index in [-0.39, 0.29) is 6.03 Å². The Bertz CT molecular complexity index is 445. The fraction of sp³-hybridized carbons (Fsp3) is 0.500. The zero-order valence-corrected chi connectivity index (χ0v) is 11.1. The molecule has 1 unspecified atom stereocenters. The number of nitrogens with zero attached hydrogens (tertiary/aromatic N) is 1. The molecule has 4 heteroatoms. The number of rotatable bonds is 1. The molecule has 1 aromatic carbocycles. The Morgan fingerprint density at radius 1 is 1.50 bits per heavy atom. The summed E-state index contributed by atoms with van der Waals surface area (Å²) in [6.07, 6.45) is 2.31. The summed E-state index contributed by atoms with van der Waals surface area (Å²) in [7, 11) is 0. The molecule has 1 aliphatic heterocycles. The largest absolute Gasteiger partial charge is 0.399 e.